The molecule has 5 N–H and O–H groups in total. The van der Waals surface area contributed by atoms with Gasteiger partial charge < -0.3 is 5.84 Å². The second-order valence-electron chi connectivity index (χ2n) is 4.06. The quantitative estimate of drug-likeness (QED) is 0.378. The molecule has 0 saturated heterocycles. The standard InChI is InChI=1S/C11H13BrN6O2/c12-8-4-2-1-3-7(8)5-9-16-17(6-10(19)15-13)11(20)18(9)14/h1-4H,5-6,13-14H2,(H,15,19). The third-order valence-corrected chi connectivity index (χ3v) is 3.48. The Hall–Kier alpha value is -2.13. The minimum Gasteiger partial charge on any atom is -0.333 e. The molecule has 0 saturated carbocycles. The summed E-state index contributed by atoms with van der Waals surface area (Å²) >= 11 is 3.41. The molecule has 0 bridgehead atoms. The highest BCUT2D eigenvalue weighted by Gasteiger charge is 2.14. The number of rotatable bonds is 4. The first-order chi connectivity index (χ1) is 9.52. The number of nitrogens with one attached hydrogen (secondary N) is 1. The predicted octanol–water partition coefficient (Wildman–Crippen LogP) is -0.898. The van der Waals surface area contributed by atoms with Crippen molar-refractivity contribution in [2.24, 2.45) is 5.84 Å². The van der Waals surface area contributed by atoms with Crippen molar-refractivity contribution in [3.63, 3.8) is 0 Å². The van der Waals surface area contributed by atoms with Crippen LogP contribution in [0.2, 0.25) is 0 Å². The lowest BCUT2D eigenvalue weighted by Crippen LogP contribution is -2.38. The number of carbonyl (C=O) groups is 1. The van der Waals surface area contributed by atoms with Gasteiger partial charge in [-0.1, -0.05) is 34.1 Å². The lowest BCUT2D eigenvalue weighted by molar-refractivity contribution is -0.121. The molecule has 2 aromatic rings. The Kier molecular flexibility index (Phi) is 4.20. The number of amides is 1. The van der Waals surface area contributed by atoms with Crippen molar-refractivity contribution >= 4 is 21.8 Å². The second kappa shape index (κ2) is 5.88. The largest absolute Gasteiger partial charge is 0.365 e. The number of carbonyl (C=O) groups excluding carboxylic acids is 1. The maximum Gasteiger partial charge on any atom is 0.365 e. The Balaban J connectivity index is 2.30. The zero-order valence-electron chi connectivity index (χ0n) is 10.4. The van der Waals surface area contributed by atoms with Crippen molar-refractivity contribution in [1.29, 1.82) is 0 Å². The van der Waals surface area contributed by atoms with Crippen LogP contribution in [0, 0.1) is 0 Å². The monoisotopic (exact) mass is 340 g/mol. The van der Waals surface area contributed by atoms with Crippen molar-refractivity contribution in [2.45, 2.75) is 13.0 Å². The lowest BCUT2D eigenvalue weighted by atomic mass is 10.1. The summed E-state index contributed by atoms with van der Waals surface area (Å²) in [6.07, 6.45) is 0.365. The van der Waals surface area contributed by atoms with Gasteiger partial charge in [0.05, 0.1) is 0 Å². The summed E-state index contributed by atoms with van der Waals surface area (Å²) < 4.78 is 2.78. The summed E-state index contributed by atoms with van der Waals surface area (Å²) in [7, 11) is 0. The van der Waals surface area contributed by atoms with E-state index in [1.54, 1.807) is 0 Å². The number of nitrogens with zero attached hydrogens (tertiary/aromatic N) is 3. The number of halogens is 1. The van der Waals surface area contributed by atoms with E-state index in [1.807, 2.05) is 29.7 Å². The van der Waals surface area contributed by atoms with Crippen molar-refractivity contribution < 1.29 is 4.79 Å². The van der Waals surface area contributed by atoms with Gasteiger partial charge in [0.25, 0.3) is 5.91 Å². The van der Waals surface area contributed by atoms with E-state index < -0.39 is 11.6 Å². The van der Waals surface area contributed by atoms with Gasteiger partial charge in [0.15, 0.2) is 5.82 Å². The van der Waals surface area contributed by atoms with E-state index in [4.69, 9.17) is 11.7 Å². The molecule has 0 spiro atoms. The van der Waals surface area contributed by atoms with Gasteiger partial charge in [-0.3, -0.25) is 10.2 Å². The molecule has 20 heavy (non-hydrogen) atoms. The summed E-state index contributed by atoms with van der Waals surface area (Å²) in [5.74, 6) is 10.5. The molecule has 9 heteroatoms. The minimum absolute atomic E-state index is 0.275. The van der Waals surface area contributed by atoms with Crippen LogP contribution >= 0.6 is 15.9 Å². The Morgan fingerprint density at radius 3 is 2.75 bits per heavy atom. The molecule has 0 unspecified atom stereocenters. The summed E-state index contributed by atoms with van der Waals surface area (Å²) in [4.78, 5) is 23.0. The van der Waals surface area contributed by atoms with Crippen LogP contribution < -0.4 is 22.8 Å². The van der Waals surface area contributed by atoms with Crippen LogP contribution in [-0.2, 0) is 17.8 Å². The highest BCUT2D eigenvalue weighted by atomic mass is 79.9. The Morgan fingerprint density at radius 1 is 1.40 bits per heavy atom. The third kappa shape index (κ3) is 2.89. The molecule has 106 valence electrons. The van der Waals surface area contributed by atoms with Gasteiger partial charge >= 0.3 is 5.69 Å². The van der Waals surface area contributed by atoms with Crippen molar-refractivity contribution in [2.75, 3.05) is 5.84 Å². The average molecular weight is 341 g/mol. The molecular weight excluding hydrogens is 328 g/mol. The smallest absolute Gasteiger partial charge is 0.333 e. The van der Waals surface area contributed by atoms with Gasteiger partial charge in [0.1, 0.15) is 6.54 Å². The van der Waals surface area contributed by atoms with Crippen molar-refractivity contribution in [3.8, 4) is 0 Å². The summed E-state index contributed by atoms with van der Waals surface area (Å²) in [5, 5.41) is 4.04. The van der Waals surface area contributed by atoms with Crippen LogP contribution in [0.3, 0.4) is 0 Å². The van der Waals surface area contributed by atoms with E-state index in [0.717, 1.165) is 19.4 Å². The number of hydrogen-bond donors (Lipinski definition) is 3. The average Bonchev–Trinajstić information content (AvgIpc) is 2.69. The second-order valence-corrected chi connectivity index (χ2v) is 4.92. The predicted molar refractivity (Wildman–Crippen MR) is 75.9 cm³/mol. The zero-order chi connectivity index (χ0) is 14.7. The van der Waals surface area contributed by atoms with E-state index in [0.29, 0.717) is 12.2 Å². The van der Waals surface area contributed by atoms with E-state index >= 15 is 0 Å². The Labute approximate surface area is 122 Å². The van der Waals surface area contributed by atoms with Gasteiger partial charge in [0, 0.05) is 10.9 Å². The maximum absolute atomic E-state index is 11.8. The Morgan fingerprint density at radius 2 is 2.10 bits per heavy atom. The molecule has 0 aliphatic rings. The summed E-state index contributed by atoms with van der Waals surface area (Å²) in [6.45, 7) is -0.275. The van der Waals surface area contributed by atoms with Gasteiger partial charge in [0.2, 0.25) is 0 Å². The molecule has 8 nitrogen and oxygen atoms in total. The van der Waals surface area contributed by atoms with Crippen LogP contribution in [-0.4, -0.2) is 20.4 Å². The fourth-order valence-electron chi connectivity index (χ4n) is 1.68. The van der Waals surface area contributed by atoms with E-state index in [2.05, 4.69) is 21.0 Å². The topological polar surface area (TPSA) is 121 Å². The zero-order valence-corrected chi connectivity index (χ0v) is 12.0. The van der Waals surface area contributed by atoms with E-state index in [9.17, 15) is 9.59 Å². The van der Waals surface area contributed by atoms with Crippen molar-refractivity contribution in [3.05, 3.63) is 50.6 Å². The van der Waals surface area contributed by atoms with Crippen LogP contribution in [0.15, 0.2) is 33.5 Å². The number of hydrazine groups is 1. The lowest BCUT2D eigenvalue weighted by Gasteiger charge is -2.02. The molecule has 0 radical (unpaired) electrons. The first-order valence-corrected chi connectivity index (χ1v) is 6.49. The number of nitrogen functional groups attached to an aromatic ring is 1. The molecule has 1 amide bonds. The summed E-state index contributed by atoms with van der Waals surface area (Å²) in [5.41, 5.74) is 2.29. The number of hydrogen-bond acceptors (Lipinski definition) is 5. The molecule has 0 aliphatic carbocycles. The maximum atomic E-state index is 11.8. The molecule has 0 atom stereocenters. The highest BCUT2D eigenvalue weighted by molar-refractivity contribution is 9.10. The molecule has 1 aromatic heterocycles. The number of aromatic nitrogens is 3. The molecule has 1 heterocycles. The highest BCUT2D eigenvalue weighted by Crippen LogP contribution is 2.17. The number of benzene rings is 1. The fraction of sp³-hybridized carbons (Fsp3) is 0.182. The molecule has 0 aliphatic heterocycles. The minimum atomic E-state index is -0.573. The Bertz CT molecular complexity index is 692. The van der Waals surface area contributed by atoms with Gasteiger partial charge in [-0.2, -0.15) is 9.77 Å². The van der Waals surface area contributed by atoms with Crippen molar-refractivity contribution in [1.82, 2.24) is 19.9 Å². The fourth-order valence-corrected chi connectivity index (χ4v) is 2.11. The van der Waals surface area contributed by atoms with E-state index in [-0.39, 0.29) is 6.54 Å². The molecule has 2 rings (SSSR count). The molecule has 1 aromatic carbocycles. The normalized spacial score (nSPS) is 10.5. The van der Waals surface area contributed by atoms with Gasteiger partial charge in [-0.05, 0) is 11.6 Å². The van der Waals surface area contributed by atoms with Crippen LogP contribution in [0.5, 0.6) is 0 Å². The van der Waals surface area contributed by atoms with Crippen LogP contribution in [0.25, 0.3) is 0 Å². The van der Waals surface area contributed by atoms with Crippen LogP contribution in [0.1, 0.15) is 11.4 Å². The number of nitrogens with two attached hydrogens (primary N) is 2. The first kappa shape index (κ1) is 14.3. The summed E-state index contributed by atoms with van der Waals surface area (Å²) in [6, 6.07) is 7.53. The SMILES string of the molecule is NNC(=O)Cn1nc(Cc2ccccc2Br)n(N)c1=O. The third-order valence-electron chi connectivity index (χ3n) is 2.70. The van der Waals surface area contributed by atoms with Gasteiger partial charge in [-0.25, -0.2) is 15.3 Å². The first-order valence-electron chi connectivity index (χ1n) is 5.69. The molecular formula is C11H13BrN6O2. The van der Waals surface area contributed by atoms with E-state index in [1.165, 1.54) is 0 Å². The molecule has 0 fully saturated rings. The van der Waals surface area contributed by atoms with Crippen LogP contribution in [0.4, 0.5) is 0 Å². The van der Waals surface area contributed by atoms with Gasteiger partial charge in [-0.15, -0.1) is 0 Å².